The number of alkyl halides is 1. The Hall–Kier alpha value is -2.66. The van der Waals surface area contributed by atoms with E-state index in [4.69, 9.17) is 16.3 Å². The number of hydrogen-bond donors (Lipinski definition) is 1. The summed E-state index contributed by atoms with van der Waals surface area (Å²) in [6, 6.07) is 10.8. The molecule has 1 aromatic carbocycles. The Labute approximate surface area is 207 Å². The van der Waals surface area contributed by atoms with Gasteiger partial charge in [0.2, 0.25) is 0 Å². The third kappa shape index (κ3) is 5.87. The van der Waals surface area contributed by atoms with Crippen molar-refractivity contribution < 1.29 is 19.0 Å². The van der Waals surface area contributed by atoms with Gasteiger partial charge >= 0.3 is 5.97 Å². The van der Waals surface area contributed by atoms with Gasteiger partial charge in [0.05, 0.1) is 34.3 Å². The highest BCUT2D eigenvalue weighted by Gasteiger charge is 2.34. The SMILES string of the molecule is COc1ccc2nccc([C@H](F)CC[C@@H]3CCN(CC#Cc4ccc(Cl)s4)C[C@@H]3C(=O)O)c2c1. The molecule has 2 aromatic heterocycles. The van der Waals surface area contributed by atoms with E-state index in [0.717, 1.165) is 16.8 Å². The minimum atomic E-state index is -1.20. The van der Waals surface area contributed by atoms with E-state index < -0.39 is 18.1 Å². The van der Waals surface area contributed by atoms with E-state index in [1.807, 2.05) is 18.2 Å². The van der Waals surface area contributed by atoms with Crippen molar-refractivity contribution in [3.8, 4) is 17.6 Å². The molecule has 1 fully saturated rings. The fourth-order valence-corrected chi connectivity index (χ4v) is 5.44. The maximum atomic E-state index is 15.3. The van der Waals surface area contributed by atoms with Gasteiger partial charge in [0.15, 0.2) is 0 Å². The highest BCUT2D eigenvalue weighted by atomic mass is 35.5. The molecule has 1 saturated heterocycles. The quantitative estimate of drug-likeness (QED) is 0.414. The summed E-state index contributed by atoms with van der Waals surface area (Å²) in [5, 5.41) is 10.5. The van der Waals surface area contributed by atoms with Crippen molar-refractivity contribution >= 4 is 39.8 Å². The van der Waals surface area contributed by atoms with E-state index >= 15 is 4.39 Å². The Bertz CT molecular complexity index is 1220. The van der Waals surface area contributed by atoms with Crippen LogP contribution < -0.4 is 4.74 Å². The summed E-state index contributed by atoms with van der Waals surface area (Å²) in [6.07, 6.45) is 1.90. The topological polar surface area (TPSA) is 62.7 Å². The number of aliphatic carboxylic acids is 1. The lowest BCUT2D eigenvalue weighted by Crippen LogP contribution is -2.44. The largest absolute Gasteiger partial charge is 0.497 e. The molecule has 3 aromatic rings. The number of carboxylic acid groups (broad SMARTS) is 1. The molecule has 8 heteroatoms. The van der Waals surface area contributed by atoms with E-state index in [2.05, 4.69) is 21.7 Å². The van der Waals surface area contributed by atoms with Crippen LogP contribution in [0.3, 0.4) is 0 Å². The molecule has 34 heavy (non-hydrogen) atoms. The van der Waals surface area contributed by atoms with Crippen LogP contribution in [0.2, 0.25) is 4.34 Å². The zero-order chi connectivity index (χ0) is 24.1. The van der Waals surface area contributed by atoms with Crippen molar-refractivity contribution in [1.29, 1.82) is 0 Å². The number of piperidine rings is 1. The Kier molecular flexibility index (Phi) is 8.04. The summed E-state index contributed by atoms with van der Waals surface area (Å²) in [5.41, 5.74) is 1.28. The number of fused-ring (bicyclic) bond motifs is 1. The van der Waals surface area contributed by atoms with Crippen LogP contribution in [0.1, 0.15) is 35.9 Å². The number of carboxylic acids is 1. The number of nitrogens with zero attached hydrogens (tertiary/aromatic N) is 2. The highest BCUT2D eigenvalue weighted by molar-refractivity contribution is 7.16. The molecule has 1 N–H and O–H groups in total. The van der Waals surface area contributed by atoms with Crippen LogP contribution in [0.4, 0.5) is 4.39 Å². The first-order chi connectivity index (χ1) is 16.4. The highest BCUT2D eigenvalue weighted by Crippen LogP contribution is 2.35. The second-order valence-corrected chi connectivity index (χ2v) is 10.2. The van der Waals surface area contributed by atoms with Crippen molar-refractivity contribution in [3.05, 3.63) is 57.4 Å². The van der Waals surface area contributed by atoms with Crippen LogP contribution in [0, 0.1) is 23.7 Å². The molecule has 0 bridgehead atoms. The predicted octanol–water partition coefficient (Wildman–Crippen LogP) is 5.82. The molecule has 0 unspecified atom stereocenters. The van der Waals surface area contributed by atoms with Gasteiger partial charge < -0.3 is 9.84 Å². The molecule has 3 heterocycles. The Morgan fingerprint density at radius 1 is 1.38 bits per heavy atom. The molecule has 0 saturated carbocycles. The first-order valence-corrected chi connectivity index (χ1v) is 12.4. The van der Waals surface area contributed by atoms with Crippen molar-refractivity contribution in [2.24, 2.45) is 11.8 Å². The van der Waals surface area contributed by atoms with E-state index in [1.165, 1.54) is 11.3 Å². The van der Waals surface area contributed by atoms with Crippen LogP contribution in [-0.2, 0) is 4.79 Å². The molecule has 4 rings (SSSR count). The van der Waals surface area contributed by atoms with Gasteiger partial charge in [-0.05, 0) is 73.7 Å². The van der Waals surface area contributed by atoms with Crippen LogP contribution >= 0.6 is 22.9 Å². The first-order valence-electron chi connectivity index (χ1n) is 11.2. The number of pyridine rings is 1. The van der Waals surface area contributed by atoms with Gasteiger partial charge in [-0.2, -0.15) is 0 Å². The lowest BCUT2D eigenvalue weighted by Gasteiger charge is -2.35. The van der Waals surface area contributed by atoms with Gasteiger partial charge in [-0.25, -0.2) is 4.39 Å². The standard InChI is InChI=1S/C26H26ClFN2O3S/c1-33-18-5-8-24-21(15-18)20(10-12-29-24)23(28)7-4-17-11-14-30(16-22(17)26(31)32)13-2-3-19-6-9-25(27)34-19/h5-6,8-10,12,15,17,22-23H,4,7,11,13-14,16H2,1H3,(H,31,32)/t17-,22+,23-/m1/s1. The fraction of sp³-hybridized carbons (Fsp3) is 0.385. The second-order valence-electron chi connectivity index (χ2n) is 8.46. The molecule has 0 radical (unpaired) electrons. The van der Waals surface area contributed by atoms with Crippen LogP contribution in [-0.4, -0.2) is 47.7 Å². The van der Waals surface area contributed by atoms with E-state index in [0.29, 0.717) is 47.1 Å². The Balaban J connectivity index is 1.38. The summed E-state index contributed by atoms with van der Waals surface area (Å²) >= 11 is 7.35. The van der Waals surface area contributed by atoms with Gasteiger partial charge in [0.25, 0.3) is 0 Å². The van der Waals surface area contributed by atoms with Gasteiger partial charge in [-0.1, -0.05) is 23.4 Å². The first kappa shape index (κ1) is 24.5. The number of halogens is 2. The number of likely N-dealkylation sites (tertiary alicyclic amines) is 1. The summed E-state index contributed by atoms with van der Waals surface area (Å²) < 4.78 is 21.3. The van der Waals surface area contributed by atoms with Crippen molar-refractivity contribution in [2.75, 3.05) is 26.7 Å². The summed E-state index contributed by atoms with van der Waals surface area (Å²) in [4.78, 5) is 19.2. The number of thiophene rings is 1. The smallest absolute Gasteiger partial charge is 0.308 e. The van der Waals surface area contributed by atoms with Crippen molar-refractivity contribution in [3.63, 3.8) is 0 Å². The average molecular weight is 501 g/mol. The molecule has 0 amide bonds. The van der Waals surface area contributed by atoms with Crippen LogP contribution in [0.15, 0.2) is 42.6 Å². The molecule has 0 aliphatic carbocycles. The van der Waals surface area contributed by atoms with Gasteiger partial charge in [-0.3, -0.25) is 14.7 Å². The number of methoxy groups -OCH3 is 1. The number of carbonyl (C=O) groups is 1. The normalized spacial score (nSPS) is 19.4. The maximum Gasteiger partial charge on any atom is 0.308 e. The maximum absolute atomic E-state index is 15.3. The van der Waals surface area contributed by atoms with Gasteiger partial charge in [-0.15, -0.1) is 11.3 Å². The molecular formula is C26H26ClFN2O3S. The van der Waals surface area contributed by atoms with Crippen molar-refractivity contribution in [1.82, 2.24) is 9.88 Å². The summed E-state index contributed by atoms with van der Waals surface area (Å²) in [7, 11) is 1.58. The monoisotopic (exact) mass is 500 g/mol. The summed E-state index contributed by atoms with van der Waals surface area (Å²) in [5.74, 6) is 5.41. The second kappa shape index (κ2) is 11.2. The van der Waals surface area contributed by atoms with E-state index in [9.17, 15) is 9.90 Å². The Morgan fingerprint density at radius 2 is 2.24 bits per heavy atom. The fourth-order valence-electron chi connectivity index (χ4n) is 4.52. The minimum Gasteiger partial charge on any atom is -0.497 e. The van der Waals surface area contributed by atoms with Crippen LogP contribution in [0.5, 0.6) is 5.75 Å². The molecule has 1 aliphatic rings. The Morgan fingerprint density at radius 3 is 2.97 bits per heavy atom. The number of aromatic nitrogens is 1. The van der Waals surface area contributed by atoms with E-state index in [-0.39, 0.29) is 12.3 Å². The lowest BCUT2D eigenvalue weighted by atomic mass is 9.81. The molecule has 5 nitrogen and oxygen atoms in total. The van der Waals surface area contributed by atoms with Crippen LogP contribution in [0.25, 0.3) is 10.9 Å². The van der Waals surface area contributed by atoms with Gasteiger partial charge in [0, 0.05) is 18.1 Å². The lowest BCUT2D eigenvalue weighted by molar-refractivity contribution is -0.146. The number of benzene rings is 1. The summed E-state index contributed by atoms with van der Waals surface area (Å²) in [6.45, 7) is 1.68. The molecule has 1 aliphatic heterocycles. The van der Waals surface area contributed by atoms with Crippen molar-refractivity contribution in [2.45, 2.75) is 25.4 Å². The zero-order valence-corrected chi connectivity index (χ0v) is 20.4. The third-order valence-corrected chi connectivity index (χ3v) is 7.50. The minimum absolute atomic E-state index is 0.0706. The molecule has 3 atom stereocenters. The molecular weight excluding hydrogens is 475 g/mol. The number of ether oxygens (including phenoxy) is 1. The van der Waals surface area contributed by atoms with E-state index in [1.54, 1.807) is 31.5 Å². The predicted molar refractivity (Wildman–Crippen MR) is 133 cm³/mol. The van der Waals surface area contributed by atoms with Gasteiger partial charge in [0.1, 0.15) is 11.9 Å². The third-order valence-electron chi connectivity index (χ3n) is 6.36. The molecule has 0 spiro atoms. The average Bonchev–Trinajstić information content (AvgIpc) is 3.26. The zero-order valence-electron chi connectivity index (χ0n) is 18.8. The molecule has 178 valence electrons. The number of hydrogen-bond acceptors (Lipinski definition) is 5. The number of rotatable bonds is 7.